The average molecular weight is 241 g/mol. The fraction of sp³-hybridized carbons (Fsp3) is 0.143. The van der Waals surface area contributed by atoms with E-state index in [4.69, 9.17) is 14.9 Å². The van der Waals surface area contributed by atoms with Crippen molar-refractivity contribution in [2.75, 3.05) is 7.11 Å². The molecule has 0 atom stereocenters. The number of diazo groups is 1. The van der Waals surface area contributed by atoms with E-state index in [1.54, 1.807) is 43.5 Å². The van der Waals surface area contributed by atoms with Gasteiger partial charge in [-0.2, -0.15) is 0 Å². The highest BCUT2D eigenvalue weighted by Crippen LogP contribution is 2.33. The van der Waals surface area contributed by atoms with E-state index < -0.39 is 0 Å². The van der Waals surface area contributed by atoms with E-state index >= 15 is 0 Å². The summed E-state index contributed by atoms with van der Waals surface area (Å²) in [6.45, 7) is 1.92. The first-order valence-corrected chi connectivity index (χ1v) is 5.50. The van der Waals surface area contributed by atoms with E-state index in [1.807, 2.05) is 13.0 Å². The van der Waals surface area contributed by atoms with Crippen molar-refractivity contribution in [3.05, 3.63) is 53.0 Å². The Labute approximate surface area is 105 Å². The summed E-state index contributed by atoms with van der Waals surface area (Å²) in [4.78, 5) is 3.21. The Balaban J connectivity index is 2.25. The Hall–Kier alpha value is -2.54. The molecule has 2 aromatic rings. The zero-order valence-electron chi connectivity index (χ0n) is 10.3. The highest BCUT2D eigenvalue weighted by Gasteiger charge is 2.15. The topological polar surface area (TPSA) is 46.6 Å². The molecule has 0 aliphatic heterocycles. The molecule has 0 spiro atoms. The highest BCUT2D eigenvalue weighted by molar-refractivity contribution is 5.59. The molecule has 0 saturated carbocycles. The molecule has 2 aromatic carbocycles. The Bertz CT molecular complexity index is 586. The smallest absolute Gasteiger partial charge is 0.427 e. The van der Waals surface area contributed by atoms with Crippen LogP contribution in [0.3, 0.4) is 0 Å². The lowest BCUT2D eigenvalue weighted by Crippen LogP contribution is -1.86. The van der Waals surface area contributed by atoms with Gasteiger partial charge in [0.1, 0.15) is 11.5 Å². The minimum Gasteiger partial charge on any atom is -0.497 e. The monoisotopic (exact) mass is 241 g/mol. The third-order valence-electron chi connectivity index (χ3n) is 2.51. The molecular weight excluding hydrogens is 228 g/mol. The first-order valence-electron chi connectivity index (χ1n) is 5.50. The molecule has 0 fully saturated rings. The van der Waals surface area contributed by atoms with Gasteiger partial charge in [-0.3, -0.25) is 0 Å². The summed E-state index contributed by atoms with van der Waals surface area (Å²) in [7, 11) is 1.61. The molecule has 0 amide bonds. The van der Waals surface area contributed by atoms with Crippen LogP contribution < -0.4 is 9.47 Å². The van der Waals surface area contributed by atoms with Crippen molar-refractivity contribution >= 4 is 5.69 Å². The molecule has 4 heteroatoms. The van der Waals surface area contributed by atoms with Crippen LogP contribution in [0.15, 0.2) is 42.5 Å². The van der Waals surface area contributed by atoms with Gasteiger partial charge in [0.2, 0.25) is 11.1 Å². The van der Waals surface area contributed by atoms with Crippen LogP contribution in [0.4, 0.5) is 5.69 Å². The molecule has 0 aliphatic rings. The highest BCUT2D eigenvalue weighted by atomic mass is 16.5. The second kappa shape index (κ2) is 5.19. The summed E-state index contributed by atoms with van der Waals surface area (Å²) in [6.07, 6.45) is 0. The van der Waals surface area contributed by atoms with Crippen LogP contribution in [0.25, 0.3) is 4.98 Å². The van der Waals surface area contributed by atoms with E-state index in [2.05, 4.69) is 4.98 Å². The Morgan fingerprint density at radius 1 is 1.00 bits per heavy atom. The van der Waals surface area contributed by atoms with Crippen LogP contribution in [0.5, 0.6) is 17.2 Å². The van der Waals surface area contributed by atoms with Gasteiger partial charge < -0.3 is 9.47 Å². The van der Waals surface area contributed by atoms with E-state index in [1.165, 1.54) is 0 Å². The van der Waals surface area contributed by atoms with Crippen molar-refractivity contribution in [3.8, 4) is 17.2 Å². The van der Waals surface area contributed by atoms with Crippen molar-refractivity contribution in [3.63, 3.8) is 0 Å². The quantitative estimate of drug-likeness (QED) is 0.753. The van der Waals surface area contributed by atoms with Gasteiger partial charge in [-0.1, -0.05) is 6.07 Å². The van der Waals surface area contributed by atoms with Crippen molar-refractivity contribution in [1.29, 1.82) is 5.39 Å². The number of rotatable bonds is 3. The predicted octanol–water partition coefficient (Wildman–Crippen LogP) is 4.28. The lowest BCUT2D eigenvalue weighted by atomic mass is 10.2. The number of hydrogen-bond acceptors (Lipinski definition) is 3. The van der Waals surface area contributed by atoms with Crippen LogP contribution in [-0.2, 0) is 0 Å². The summed E-state index contributed by atoms with van der Waals surface area (Å²) in [5.74, 6) is 1.93. The number of methoxy groups -OCH3 is 1. The number of benzene rings is 2. The van der Waals surface area contributed by atoms with Crippen LogP contribution in [0, 0.1) is 12.3 Å². The number of hydrogen-bond donors (Lipinski definition) is 0. The molecule has 18 heavy (non-hydrogen) atoms. The molecule has 0 unspecified atom stereocenters. The van der Waals surface area contributed by atoms with Crippen LogP contribution in [0.1, 0.15) is 5.56 Å². The standard InChI is InChI=1S/C14H13N2O2/c1-10-3-8-14(13(9-10)16-15)18-12-6-4-11(17-2)5-7-12/h3-9H,1-2H3/q+1. The van der Waals surface area contributed by atoms with E-state index in [9.17, 15) is 0 Å². The van der Waals surface area contributed by atoms with Crippen molar-refractivity contribution in [2.24, 2.45) is 0 Å². The molecule has 0 radical (unpaired) electrons. The van der Waals surface area contributed by atoms with Crippen molar-refractivity contribution in [2.45, 2.75) is 6.92 Å². The van der Waals surface area contributed by atoms with Gasteiger partial charge in [0, 0.05) is 6.07 Å². The lowest BCUT2D eigenvalue weighted by molar-refractivity contribution is 0.413. The fourth-order valence-electron chi connectivity index (χ4n) is 1.56. The largest absolute Gasteiger partial charge is 0.497 e. The maximum atomic E-state index is 8.93. The molecule has 0 aliphatic carbocycles. The Morgan fingerprint density at radius 3 is 2.28 bits per heavy atom. The van der Waals surface area contributed by atoms with Gasteiger partial charge in [0.15, 0.2) is 4.98 Å². The summed E-state index contributed by atoms with van der Waals surface area (Å²) >= 11 is 0. The SMILES string of the molecule is COc1ccc(Oc2ccc(C)cc2[N+]#N)cc1. The molecular formula is C14H13N2O2+. The third-order valence-corrected chi connectivity index (χ3v) is 2.51. The number of ether oxygens (including phenoxy) is 2. The summed E-state index contributed by atoms with van der Waals surface area (Å²) in [5, 5.41) is 8.93. The minimum absolute atomic E-state index is 0.408. The molecule has 0 heterocycles. The zero-order chi connectivity index (χ0) is 13.0. The number of aryl methyl sites for hydroxylation is 1. The maximum Gasteiger partial charge on any atom is 0.427 e. The molecule has 0 N–H and O–H groups in total. The Kier molecular flexibility index (Phi) is 3.44. The van der Waals surface area contributed by atoms with Gasteiger partial charge in [-0.25, -0.2) is 0 Å². The number of nitrogens with zero attached hydrogens (tertiary/aromatic N) is 2. The zero-order valence-corrected chi connectivity index (χ0v) is 10.3. The lowest BCUT2D eigenvalue weighted by Gasteiger charge is -2.05. The van der Waals surface area contributed by atoms with Crippen LogP contribution in [0.2, 0.25) is 0 Å². The van der Waals surface area contributed by atoms with Gasteiger partial charge in [0.25, 0.3) is 0 Å². The van der Waals surface area contributed by atoms with E-state index in [0.717, 1.165) is 11.3 Å². The van der Waals surface area contributed by atoms with Gasteiger partial charge in [-0.05, 0) is 42.8 Å². The second-order valence-electron chi connectivity index (χ2n) is 3.85. The summed E-state index contributed by atoms with van der Waals surface area (Å²) in [6, 6.07) is 12.6. The molecule has 0 saturated heterocycles. The van der Waals surface area contributed by atoms with Crippen LogP contribution in [-0.4, -0.2) is 7.11 Å². The molecule has 0 aromatic heterocycles. The van der Waals surface area contributed by atoms with Gasteiger partial charge in [-0.15, -0.1) is 0 Å². The van der Waals surface area contributed by atoms with E-state index in [-0.39, 0.29) is 0 Å². The minimum atomic E-state index is 0.408. The molecule has 4 nitrogen and oxygen atoms in total. The summed E-state index contributed by atoms with van der Waals surface area (Å²) in [5.41, 5.74) is 1.41. The second-order valence-corrected chi connectivity index (χ2v) is 3.85. The first kappa shape index (κ1) is 11.9. The van der Waals surface area contributed by atoms with Gasteiger partial charge in [0.05, 0.1) is 7.11 Å². The maximum absolute atomic E-state index is 8.93. The fourth-order valence-corrected chi connectivity index (χ4v) is 1.56. The first-order chi connectivity index (χ1) is 8.72. The molecule has 2 rings (SSSR count). The van der Waals surface area contributed by atoms with Crippen molar-refractivity contribution in [1.82, 2.24) is 0 Å². The molecule has 0 bridgehead atoms. The third kappa shape index (κ3) is 2.58. The normalized spacial score (nSPS) is 9.61. The Morgan fingerprint density at radius 2 is 1.67 bits per heavy atom. The van der Waals surface area contributed by atoms with Gasteiger partial charge >= 0.3 is 5.69 Å². The summed E-state index contributed by atoms with van der Waals surface area (Å²) < 4.78 is 10.7. The average Bonchev–Trinajstić information content (AvgIpc) is 2.41. The van der Waals surface area contributed by atoms with E-state index in [0.29, 0.717) is 17.2 Å². The molecule has 90 valence electrons. The van der Waals surface area contributed by atoms with Crippen LogP contribution >= 0.6 is 0 Å². The van der Waals surface area contributed by atoms with Crippen molar-refractivity contribution < 1.29 is 9.47 Å². The predicted molar refractivity (Wildman–Crippen MR) is 69.0 cm³/mol.